The Hall–Kier alpha value is -0.120. The van der Waals surface area contributed by atoms with Crippen molar-refractivity contribution in [2.45, 2.75) is 76.4 Å². The molecule has 132 valence electrons. The van der Waals surface area contributed by atoms with E-state index in [1.54, 1.807) is 0 Å². The van der Waals surface area contributed by atoms with Crippen LogP contribution in [0.3, 0.4) is 0 Å². The normalized spacial score (nSPS) is 28.6. The zero-order chi connectivity index (χ0) is 16.7. The van der Waals surface area contributed by atoms with Gasteiger partial charge in [-0.2, -0.15) is 0 Å². The average Bonchev–Trinajstić information content (AvgIpc) is 2.54. The molecule has 2 rings (SSSR count). The summed E-state index contributed by atoms with van der Waals surface area (Å²) in [5.74, 6) is 2.29. The van der Waals surface area contributed by atoms with Gasteiger partial charge in [-0.3, -0.25) is 9.59 Å². The van der Waals surface area contributed by atoms with Crippen LogP contribution in [0, 0.1) is 11.8 Å². The fraction of sp³-hybridized carbons (Fsp3) is 0.889. The average molecular weight is 363 g/mol. The van der Waals surface area contributed by atoms with Crippen LogP contribution in [0.15, 0.2) is 0 Å². The SMILES string of the molecule is O=C1CCCC([C@H](CCCl)O[C@@H](CCCl)C2CCCC(=O)C2)C1. The first-order chi connectivity index (χ1) is 11.1. The summed E-state index contributed by atoms with van der Waals surface area (Å²) >= 11 is 12.0. The van der Waals surface area contributed by atoms with Gasteiger partial charge in [-0.1, -0.05) is 0 Å². The van der Waals surface area contributed by atoms with Crippen molar-refractivity contribution in [3.05, 3.63) is 0 Å². The number of alkyl halides is 2. The standard InChI is InChI=1S/C18H28Cl2O3/c19-9-7-17(13-3-1-5-15(21)11-13)23-18(8-10-20)14-4-2-6-16(22)12-14/h13-14,17-18H,1-12H2/t13?,14?,17-,18-/m0/s1. The van der Waals surface area contributed by atoms with Crippen LogP contribution >= 0.6 is 23.2 Å². The molecule has 0 bridgehead atoms. The minimum absolute atomic E-state index is 0.0157. The molecule has 4 atom stereocenters. The van der Waals surface area contributed by atoms with Crippen LogP contribution in [0.25, 0.3) is 0 Å². The maximum absolute atomic E-state index is 11.8. The van der Waals surface area contributed by atoms with Crippen molar-refractivity contribution in [2.75, 3.05) is 11.8 Å². The molecule has 0 saturated heterocycles. The van der Waals surface area contributed by atoms with E-state index in [2.05, 4.69) is 0 Å². The second-order valence-electron chi connectivity index (χ2n) is 6.96. The molecule has 2 aliphatic rings. The minimum atomic E-state index is 0.0157. The van der Waals surface area contributed by atoms with Crippen LogP contribution in [0.5, 0.6) is 0 Å². The van der Waals surface area contributed by atoms with E-state index in [1.807, 2.05) is 0 Å². The van der Waals surface area contributed by atoms with Crippen molar-refractivity contribution in [3.63, 3.8) is 0 Å². The van der Waals surface area contributed by atoms with Crippen molar-refractivity contribution in [3.8, 4) is 0 Å². The van der Waals surface area contributed by atoms with Gasteiger partial charge in [-0.15, -0.1) is 23.2 Å². The van der Waals surface area contributed by atoms with E-state index >= 15 is 0 Å². The van der Waals surface area contributed by atoms with Crippen molar-refractivity contribution in [1.29, 1.82) is 0 Å². The molecular formula is C18H28Cl2O3. The number of halogens is 2. The lowest BCUT2D eigenvalue weighted by Crippen LogP contribution is -2.38. The predicted molar refractivity (Wildman–Crippen MR) is 93.3 cm³/mol. The van der Waals surface area contributed by atoms with E-state index in [0.717, 1.165) is 38.5 Å². The predicted octanol–water partition coefficient (Wildman–Crippen LogP) is 4.52. The van der Waals surface area contributed by atoms with Gasteiger partial charge in [-0.25, -0.2) is 0 Å². The van der Waals surface area contributed by atoms with Gasteiger partial charge in [0.15, 0.2) is 0 Å². The summed E-state index contributed by atoms with van der Waals surface area (Å²) in [6, 6.07) is 0. The molecule has 2 unspecified atom stereocenters. The third-order valence-corrected chi connectivity index (χ3v) is 5.67. The highest BCUT2D eigenvalue weighted by Gasteiger charge is 2.33. The summed E-state index contributed by atoms with van der Waals surface area (Å²) in [5.41, 5.74) is 0. The highest BCUT2D eigenvalue weighted by Crippen LogP contribution is 2.33. The second-order valence-corrected chi connectivity index (χ2v) is 7.71. The Morgan fingerprint density at radius 1 is 0.870 bits per heavy atom. The number of hydrogen-bond acceptors (Lipinski definition) is 3. The maximum Gasteiger partial charge on any atom is 0.133 e. The third-order valence-electron chi connectivity index (χ3n) is 5.23. The number of hydrogen-bond donors (Lipinski definition) is 0. The molecule has 0 aliphatic heterocycles. The molecule has 0 radical (unpaired) electrons. The van der Waals surface area contributed by atoms with E-state index in [-0.39, 0.29) is 24.0 Å². The zero-order valence-electron chi connectivity index (χ0n) is 13.8. The molecule has 0 aromatic rings. The molecule has 3 nitrogen and oxygen atoms in total. The molecular weight excluding hydrogens is 335 g/mol. The Morgan fingerprint density at radius 2 is 1.30 bits per heavy atom. The number of ketones is 2. The first-order valence-electron chi connectivity index (χ1n) is 8.94. The molecule has 2 aliphatic carbocycles. The van der Waals surface area contributed by atoms with Crippen molar-refractivity contribution >= 4 is 34.8 Å². The quantitative estimate of drug-likeness (QED) is 0.596. The molecule has 5 heteroatoms. The van der Waals surface area contributed by atoms with Gasteiger partial charge >= 0.3 is 0 Å². The summed E-state index contributed by atoms with van der Waals surface area (Å²) < 4.78 is 6.43. The summed E-state index contributed by atoms with van der Waals surface area (Å²) in [5, 5.41) is 0. The van der Waals surface area contributed by atoms with E-state index in [4.69, 9.17) is 27.9 Å². The van der Waals surface area contributed by atoms with Crippen molar-refractivity contribution in [1.82, 2.24) is 0 Å². The minimum Gasteiger partial charge on any atom is -0.374 e. The molecule has 0 aromatic heterocycles. The fourth-order valence-electron chi connectivity index (χ4n) is 4.02. The monoisotopic (exact) mass is 362 g/mol. The Morgan fingerprint density at radius 3 is 1.65 bits per heavy atom. The van der Waals surface area contributed by atoms with Crippen LogP contribution in [-0.2, 0) is 14.3 Å². The summed E-state index contributed by atoms with van der Waals surface area (Å²) in [4.78, 5) is 23.6. The van der Waals surface area contributed by atoms with E-state index in [9.17, 15) is 9.59 Å². The molecule has 0 heterocycles. The lowest BCUT2D eigenvalue weighted by molar-refractivity contribution is -0.130. The van der Waals surface area contributed by atoms with Crippen LogP contribution in [0.2, 0.25) is 0 Å². The summed E-state index contributed by atoms with van der Waals surface area (Å²) in [6.07, 6.45) is 8.15. The molecule has 2 saturated carbocycles. The Balaban J connectivity index is 2.01. The van der Waals surface area contributed by atoms with E-state index < -0.39 is 0 Å². The molecule has 0 spiro atoms. The van der Waals surface area contributed by atoms with Gasteiger partial charge in [0.25, 0.3) is 0 Å². The lowest BCUT2D eigenvalue weighted by atomic mass is 9.81. The largest absolute Gasteiger partial charge is 0.374 e. The van der Waals surface area contributed by atoms with E-state index in [0.29, 0.717) is 49.0 Å². The highest BCUT2D eigenvalue weighted by atomic mass is 35.5. The summed E-state index contributed by atoms with van der Waals surface area (Å²) in [7, 11) is 0. The Bertz CT molecular complexity index is 364. The van der Waals surface area contributed by atoms with Crippen LogP contribution in [0.4, 0.5) is 0 Å². The van der Waals surface area contributed by atoms with Gasteiger partial charge in [0, 0.05) is 37.4 Å². The molecule has 0 N–H and O–H groups in total. The Kier molecular flexibility index (Phi) is 8.35. The smallest absolute Gasteiger partial charge is 0.133 e. The first-order valence-corrected chi connectivity index (χ1v) is 10.0. The molecule has 0 amide bonds. The van der Waals surface area contributed by atoms with Gasteiger partial charge < -0.3 is 4.74 Å². The van der Waals surface area contributed by atoms with Gasteiger partial charge in [0.2, 0.25) is 0 Å². The van der Waals surface area contributed by atoms with Gasteiger partial charge in [0.05, 0.1) is 12.2 Å². The van der Waals surface area contributed by atoms with Crippen molar-refractivity contribution in [2.24, 2.45) is 11.8 Å². The Labute approximate surface area is 149 Å². The van der Waals surface area contributed by atoms with Crippen LogP contribution in [-0.4, -0.2) is 35.5 Å². The zero-order valence-corrected chi connectivity index (χ0v) is 15.3. The number of rotatable bonds is 8. The van der Waals surface area contributed by atoms with Gasteiger partial charge in [-0.05, 0) is 50.4 Å². The first kappa shape index (κ1) is 19.2. The number of Topliss-reactive ketones (excluding diaryl/α,β-unsaturated/α-hetero) is 2. The number of carbonyl (C=O) groups is 2. The highest BCUT2D eigenvalue weighted by molar-refractivity contribution is 6.18. The topological polar surface area (TPSA) is 43.4 Å². The molecule has 2 fully saturated rings. The number of ether oxygens (including phenoxy) is 1. The van der Waals surface area contributed by atoms with Crippen LogP contribution in [0.1, 0.15) is 64.2 Å². The number of carbonyl (C=O) groups excluding carboxylic acids is 2. The van der Waals surface area contributed by atoms with E-state index in [1.165, 1.54) is 0 Å². The van der Waals surface area contributed by atoms with Crippen molar-refractivity contribution < 1.29 is 14.3 Å². The van der Waals surface area contributed by atoms with Gasteiger partial charge in [0.1, 0.15) is 11.6 Å². The summed E-state index contributed by atoms with van der Waals surface area (Å²) in [6.45, 7) is 0. The van der Waals surface area contributed by atoms with Crippen LogP contribution < -0.4 is 0 Å². The maximum atomic E-state index is 11.8. The molecule has 0 aromatic carbocycles. The second kappa shape index (κ2) is 10.0. The fourth-order valence-corrected chi connectivity index (χ4v) is 4.45. The third kappa shape index (κ3) is 6.03. The molecule has 23 heavy (non-hydrogen) atoms. The lowest BCUT2D eigenvalue weighted by Gasteiger charge is -2.36.